The van der Waals surface area contributed by atoms with Crippen LogP contribution in [0.3, 0.4) is 0 Å². The Balaban J connectivity index is 1.90. The summed E-state index contributed by atoms with van der Waals surface area (Å²) in [5.74, 6) is 0. The lowest BCUT2D eigenvalue weighted by molar-refractivity contribution is 0.544. The standard InChI is InChI=1S/C21H37N/c1-4-5-6-7-8-9-10-11-12-13-14-15-16-21-17-18-22-20(3)19(21)2/h17-18H,4-16H2,1-3H3. The highest BCUT2D eigenvalue weighted by Gasteiger charge is 2.01. The van der Waals surface area contributed by atoms with Crippen molar-refractivity contribution in [3.05, 3.63) is 29.1 Å². The van der Waals surface area contributed by atoms with Gasteiger partial charge in [-0.25, -0.2) is 0 Å². The summed E-state index contributed by atoms with van der Waals surface area (Å²) in [5.41, 5.74) is 4.08. The number of hydrogen-bond acceptors (Lipinski definition) is 1. The Morgan fingerprint density at radius 3 is 1.77 bits per heavy atom. The van der Waals surface area contributed by atoms with Gasteiger partial charge < -0.3 is 0 Å². The third kappa shape index (κ3) is 8.56. The number of rotatable bonds is 13. The van der Waals surface area contributed by atoms with E-state index < -0.39 is 0 Å². The van der Waals surface area contributed by atoms with E-state index in [4.69, 9.17) is 0 Å². The molecule has 1 nitrogen and oxygen atoms in total. The van der Waals surface area contributed by atoms with E-state index in [9.17, 15) is 0 Å². The SMILES string of the molecule is CCCCCCCCCCCCCCc1ccnc(C)c1C. The summed E-state index contributed by atoms with van der Waals surface area (Å²) in [6.45, 7) is 6.61. The van der Waals surface area contributed by atoms with E-state index in [1.54, 1.807) is 0 Å². The molecule has 0 unspecified atom stereocenters. The lowest BCUT2D eigenvalue weighted by atomic mass is 10.0. The first-order chi connectivity index (χ1) is 10.8. The summed E-state index contributed by atoms with van der Waals surface area (Å²) in [5, 5.41) is 0. The molecule has 0 spiro atoms. The number of hydrogen-bond donors (Lipinski definition) is 0. The highest BCUT2D eigenvalue weighted by Crippen LogP contribution is 2.15. The molecule has 0 atom stereocenters. The predicted octanol–water partition coefficient (Wildman–Crippen LogP) is 6.94. The van der Waals surface area contributed by atoms with E-state index in [0.29, 0.717) is 0 Å². The van der Waals surface area contributed by atoms with Gasteiger partial charge in [0.1, 0.15) is 0 Å². The summed E-state index contributed by atoms with van der Waals surface area (Å²) in [6.07, 6.45) is 20.3. The average molecular weight is 304 g/mol. The quantitative estimate of drug-likeness (QED) is 0.359. The van der Waals surface area contributed by atoms with Gasteiger partial charge in [-0.1, -0.05) is 77.6 Å². The summed E-state index contributed by atoms with van der Waals surface area (Å²) in [4.78, 5) is 4.35. The Morgan fingerprint density at radius 1 is 0.727 bits per heavy atom. The van der Waals surface area contributed by atoms with Crippen LogP contribution in [0.1, 0.15) is 101 Å². The lowest BCUT2D eigenvalue weighted by Gasteiger charge is -2.07. The van der Waals surface area contributed by atoms with Gasteiger partial charge in [-0.2, -0.15) is 0 Å². The minimum Gasteiger partial charge on any atom is -0.261 e. The van der Waals surface area contributed by atoms with Gasteiger partial charge in [0.15, 0.2) is 0 Å². The van der Waals surface area contributed by atoms with Crippen molar-refractivity contribution in [2.75, 3.05) is 0 Å². The highest BCUT2D eigenvalue weighted by atomic mass is 14.7. The van der Waals surface area contributed by atoms with Crippen molar-refractivity contribution >= 4 is 0 Å². The molecule has 1 rings (SSSR count). The second-order valence-corrected chi connectivity index (χ2v) is 6.82. The molecule has 0 radical (unpaired) electrons. The van der Waals surface area contributed by atoms with Gasteiger partial charge in [0, 0.05) is 11.9 Å². The third-order valence-corrected chi connectivity index (χ3v) is 4.87. The van der Waals surface area contributed by atoms with Crippen molar-refractivity contribution in [1.29, 1.82) is 0 Å². The lowest BCUT2D eigenvalue weighted by Crippen LogP contribution is -1.95. The fourth-order valence-corrected chi connectivity index (χ4v) is 3.12. The molecule has 0 saturated heterocycles. The first-order valence-electron chi connectivity index (χ1n) is 9.66. The van der Waals surface area contributed by atoms with Crippen molar-refractivity contribution < 1.29 is 0 Å². The van der Waals surface area contributed by atoms with Gasteiger partial charge >= 0.3 is 0 Å². The summed E-state index contributed by atoms with van der Waals surface area (Å²) >= 11 is 0. The Bertz CT molecular complexity index is 383. The largest absolute Gasteiger partial charge is 0.261 e. The van der Waals surface area contributed by atoms with Crippen molar-refractivity contribution in [2.24, 2.45) is 0 Å². The average Bonchev–Trinajstić information content (AvgIpc) is 2.52. The zero-order chi connectivity index (χ0) is 16.0. The molecular weight excluding hydrogens is 266 g/mol. The van der Waals surface area contributed by atoms with Crippen LogP contribution < -0.4 is 0 Å². The maximum absolute atomic E-state index is 4.35. The van der Waals surface area contributed by atoms with Crippen LogP contribution >= 0.6 is 0 Å². The summed E-state index contributed by atoms with van der Waals surface area (Å²) in [7, 11) is 0. The predicted molar refractivity (Wildman–Crippen MR) is 98.5 cm³/mol. The maximum Gasteiger partial charge on any atom is 0.0404 e. The van der Waals surface area contributed by atoms with Crippen LogP contribution in [0.2, 0.25) is 0 Å². The fraction of sp³-hybridized carbons (Fsp3) is 0.762. The fourth-order valence-electron chi connectivity index (χ4n) is 3.12. The number of aromatic nitrogens is 1. The molecule has 0 saturated carbocycles. The first-order valence-corrected chi connectivity index (χ1v) is 9.66. The van der Waals surface area contributed by atoms with Crippen LogP contribution in [0, 0.1) is 13.8 Å². The Kier molecular flexibility index (Phi) is 11.1. The second kappa shape index (κ2) is 12.7. The van der Waals surface area contributed by atoms with Crippen LogP contribution in [-0.2, 0) is 6.42 Å². The molecule has 0 aromatic carbocycles. The molecule has 0 amide bonds. The normalized spacial score (nSPS) is 11.0. The molecular formula is C21H37N. The Morgan fingerprint density at radius 2 is 1.23 bits per heavy atom. The molecule has 0 aliphatic rings. The second-order valence-electron chi connectivity index (χ2n) is 6.82. The van der Waals surface area contributed by atoms with E-state index in [-0.39, 0.29) is 0 Å². The molecule has 0 aliphatic heterocycles. The summed E-state index contributed by atoms with van der Waals surface area (Å²) in [6, 6.07) is 2.20. The molecule has 1 aromatic rings. The third-order valence-electron chi connectivity index (χ3n) is 4.87. The summed E-state index contributed by atoms with van der Waals surface area (Å²) < 4.78 is 0. The molecule has 0 aliphatic carbocycles. The molecule has 1 heteroatoms. The van der Waals surface area contributed by atoms with Crippen molar-refractivity contribution in [3.8, 4) is 0 Å². The molecule has 22 heavy (non-hydrogen) atoms. The topological polar surface area (TPSA) is 12.9 Å². The molecule has 1 aromatic heterocycles. The van der Waals surface area contributed by atoms with Crippen LogP contribution in [0.15, 0.2) is 12.3 Å². The number of aryl methyl sites for hydroxylation is 2. The minimum atomic E-state index is 1.19. The van der Waals surface area contributed by atoms with E-state index in [0.717, 1.165) is 0 Å². The molecule has 0 fully saturated rings. The van der Waals surface area contributed by atoms with Crippen LogP contribution in [0.4, 0.5) is 0 Å². The Labute approximate surface area is 138 Å². The minimum absolute atomic E-state index is 1.19. The van der Waals surface area contributed by atoms with E-state index in [1.807, 2.05) is 6.20 Å². The van der Waals surface area contributed by atoms with Gasteiger partial charge in [0.05, 0.1) is 0 Å². The first kappa shape index (κ1) is 19.2. The zero-order valence-corrected chi connectivity index (χ0v) is 15.3. The molecule has 126 valence electrons. The van der Waals surface area contributed by atoms with Crippen LogP contribution in [-0.4, -0.2) is 4.98 Å². The smallest absolute Gasteiger partial charge is 0.0404 e. The van der Waals surface area contributed by atoms with Crippen LogP contribution in [0.5, 0.6) is 0 Å². The van der Waals surface area contributed by atoms with Crippen molar-refractivity contribution in [2.45, 2.75) is 104 Å². The Hall–Kier alpha value is -0.850. The van der Waals surface area contributed by atoms with Crippen LogP contribution in [0.25, 0.3) is 0 Å². The van der Waals surface area contributed by atoms with E-state index in [1.165, 1.54) is 100 Å². The maximum atomic E-state index is 4.35. The highest BCUT2D eigenvalue weighted by molar-refractivity contribution is 5.27. The van der Waals surface area contributed by atoms with Gasteiger partial charge in [0.2, 0.25) is 0 Å². The van der Waals surface area contributed by atoms with E-state index >= 15 is 0 Å². The van der Waals surface area contributed by atoms with Gasteiger partial charge in [0.25, 0.3) is 0 Å². The molecule has 1 heterocycles. The monoisotopic (exact) mass is 303 g/mol. The van der Waals surface area contributed by atoms with Gasteiger partial charge in [-0.15, -0.1) is 0 Å². The van der Waals surface area contributed by atoms with Gasteiger partial charge in [-0.05, 0) is 43.9 Å². The molecule has 0 N–H and O–H groups in total. The molecule has 0 bridgehead atoms. The number of pyridine rings is 1. The number of nitrogens with zero attached hydrogens (tertiary/aromatic N) is 1. The van der Waals surface area contributed by atoms with Crippen molar-refractivity contribution in [1.82, 2.24) is 4.98 Å². The number of unbranched alkanes of at least 4 members (excludes halogenated alkanes) is 11. The van der Waals surface area contributed by atoms with Gasteiger partial charge in [-0.3, -0.25) is 4.98 Å². The van der Waals surface area contributed by atoms with Crippen molar-refractivity contribution in [3.63, 3.8) is 0 Å². The van der Waals surface area contributed by atoms with E-state index in [2.05, 4.69) is 31.8 Å². The zero-order valence-electron chi connectivity index (χ0n) is 15.3.